The second kappa shape index (κ2) is 8.17. The predicted octanol–water partition coefficient (Wildman–Crippen LogP) is 4.93. The number of allylic oxidation sites excluding steroid dienone is 4. The lowest BCUT2D eigenvalue weighted by molar-refractivity contribution is -0.246. The van der Waals surface area contributed by atoms with Crippen molar-refractivity contribution in [3.05, 3.63) is 53.6 Å². The number of fused-ring (bicyclic) bond motifs is 7. The van der Waals surface area contributed by atoms with Crippen LogP contribution in [0.3, 0.4) is 0 Å². The first-order valence-corrected chi connectivity index (χ1v) is 13.8. The molecule has 3 saturated carbocycles. The summed E-state index contributed by atoms with van der Waals surface area (Å²) in [6.07, 6.45) is 5.54. The van der Waals surface area contributed by atoms with E-state index in [1.54, 1.807) is 13.8 Å². The lowest BCUT2D eigenvalue weighted by Gasteiger charge is -2.62. The summed E-state index contributed by atoms with van der Waals surface area (Å²) in [5.74, 6) is -2.20. The van der Waals surface area contributed by atoms with E-state index in [1.165, 1.54) is 0 Å². The second-order valence-electron chi connectivity index (χ2n) is 12.8. The second-order valence-corrected chi connectivity index (χ2v) is 12.8. The van der Waals surface area contributed by atoms with Crippen LogP contribution in [0.2, 0.25) is 0 Å². The molecule has 0 unspecified atom stereocenters. The number of para-hydroxylation sites is 1. The van der Waals surface area contributed by atoms with Gasteiger partial charge in [-0.2, -0.15) is 0 Å². The highest BCUT2D eigenvalue weighted by Gasteiger charge is 2.79. The van der Waals surface area contributed by atoms with Crippen molar-refractivity contribution in [1.29, 1.82) is 0 Å². The number of carbonyl (C=O) groups excluding carboxylic acids is 1. The maximum atomic E-state index is 17.7. The maximum Gasteiger partial charge on any atom is 0.193 e. The number of aryl methyl sites for hydroxylation is 1. The fraction of sp³-hybridized carbons (Fsp3) is 0.613. The third-order valence-corrected chi connectivity index (χ3v) is 10.6. The summed E-state index contributed by atoms with van der Waals surface area (Å²) in [4.78, 5) is 18.2. The van der Waals surface area contributed by atoms with E-state index in [0.29, 0.717) is 19.3 Å². The molecule has 1 saturated heterocycles. The Balaban J connectivity index is 1.40. The van der Waals surface area contributed by atoms with Crippen molar-refractivity contribution in [2.24, 2.45) is 27.7 Å². The zero-order chi connectivity index (χ0) is 27.3. The highest BCUT2D eigenvalue weighted by Crippen LogP contribution is 2.72. The van der Waals surface area contributed by atoms with Gasteiger partial charge in [-0.1, -0.05) is 36.8 Å². The summed E-state index contributed by atoms with van der Waals surface area (Å²) in [6, 6.07) is 7.91. The van der Waals surface area contributed by atoms with Gasteiger partial charge in [-0.25, -0.2) is 9.38 Å². The molecule has 4 fully saturated rings. The van der Waals surface area contributed by atoms with Crippen LogP contribution in [0.15, 0.2) is 53.1 Å². The molecule has 4 aliphatic carbocycles. The van der Waals surface area contributed by atoms with Gasteiger partial charge in [-0.15, -0.1) is 0 Å². The van der Waals surface area contributed by atoms with Crippen molar-refractivity contribution in [1.82, 2.24) is 0 Å². The SMILES string of the molecule is Cc1ccccc1N=C1C=C[C@@]2(C)C(=C1)CC[C@H]1[C@@H]3C[C@H]4OC(C)(C)O[C@@]4(C(=O)CO)[C@@]3(C)C[C@H](O)[C@@]12F. The number of rotatable bonds is 3. The van der Waals surface area contributed by atoms with Crippen molar-refractivity contribution < 1.29 is 28.9 Å². The van der Waals surface area contributed by atoms with Gasteiger partial charge in [0.2, 0.25) is 0 Å². The van der Waals surface area contributed by atoms with Crippen molar-refractivity contribution >= 4 is 17.2 Å². The highest BCUT2D eigenvalue weighted by atomic mass is 19.1. The van der Waals surface area contributed by atoms with Gasteiger partial charge in [0.1, 0.15) is 6.61 Å². The molecule has 1 heterocycles. The smallest absolute Gasteiger partial charge is 0.193 e. The molecule has 5 aliphatic rings. The van der Waals surface area contributed by atoms with Gasteiger partial charge < -0.3 is 19.7 Å². The third-order valence-electron chi connectivity index (χ3n) is 10.6. The van der Waals surface area contributed by atoms with Gasteiger partial charge in [0, 0.05) is 16.7 Å². The minimum absolute atomic E-state index is 0.0488. The summed E-state index contributed by atoms with van der Waals surface area (Å²) in [7, 11) is 0. The molecule has 204 valence electrons. The number of ketones is 1. The van der Waals surface area contributed by atoms with Gasteiger partial charge in [0.05, 0.1) is 23.6 Å². The quantitative estimate of drug-likeness (QED) is 0.587. The molecule has 7 heteroatoms. The Morgan fingerprint density at radius 3 is 2.63 bits per heavy atom. The van der Waals surface area contributed by atoms with Crippen LogP contribution in [0.25, 0.3) is 0 Å². The molecule has 6 nitrogen and oxygen atoms in total. The van der Waals surface area contributed by atoms with Crippen molar-refractivity contribution in [2.45, 2.75) is 89.6 Å². The van der Waals surface area contributed by atoms with E-state index in [0.717, 1.165) is 22.5 Å². The molecular weight excluding hydrogens is 485 g/mol. The Morgan fingerprint density at radius 1 is 1.18 bits per heavy atom. The first-order valence-electron chi connectivity index (χ1n) is 13.8. The molecule has 0 aromatic heterocycles. The fourth-order valence-electron chi connectivity index (χ4n) is 8.83. The lowest BCUT2D eigenvalue weighted by Crippen LogP contribution is -2.70. The van der Waals surface area contributed by atoms with Crippen LogP contribution in [0, 0.1) is 29.6 Å². The third kappa shape index (κ3) is 3.13. The van der Waals surface area contributed by atoms with Gasteiger partial charge in [0.15, 0.2) is 22.8 Å². The summed E-state index contributed by atoms with van der Waals surface area (Å²) in [5.41, 5.74) is -1.57. The molecule has 2 N–H and O–H groups in total. The van der Waals surface area contributed by atoms with Crippen LogP contribution < -0.4 is 0 Å². The summed E-state index contributed by atoms with van der Waals surface area (Å²) in [6.45, 7) is 8.66. The van der Waals surface area contributed by atoms with Gasteiger partial charge >= 0.3 is 0 Å². The monoisotopic (exact) mass is 523 g/mol. The van der Waals surface area contributed by atoms with Crippen LogP contribution in [-0.4, -0.2) is 57.6 Å². The van der Waals surface area contributed by atoms with E-state index >= 15 is 4.39 Å². The number of aliphatic hydroxyl groups excluding tert-OH is 2. The fourth-order valence-corrected chi connectivity index (χ4v) is 8.83. The molecule has 1 aliphatic heterocycles. The molecule has 0 spiro atoms. The summed E-state index contributed by atoms with van der Waals surface area (Å²) >= 11 is 0. The average molecular weight is 524 g/mol. The number of carbonyl (C=O) groups is 1. The minimum Gasteiger partial charge on any atom is -0.390 e. The summed E-state index contributed by atoms with van der Waals surface area (Å²) < 4.78 is 30.3. The van der Waals surface area contributed by atoms with Crippen LogP contribution in [0.1, 0.15) is 58.9 Å². The van der Waals surface area contributed by atoms with Crippen LogP contribution in [0.4, 0.5) is 10.1 Å². The number of alkyl halides is 1. The number of halogens is 1. The number of aliphatic hydroxyl groups is 2. The van der Waals surface area contributed by atoms with E-state index in [4.69, 9.17) is 14.5 Å². The first kappa shape index (κ1) is 26.1. The summed E-state index contributed by atoms with van der Waals surface area (Å²) in [5, 5.41) is 21.7. The molecule has 0 amide bonds. The predicted molar refractivity (Wildman–Crippen MR) is 142 cm³/mol. The molecule has 6 rings (SSSR count). The van der Waals surface area contributed by atoms with Gasteiger partial charge in [0.25, 0.3) is 0 Å². The van der Waals surface area contributed by atoms with Crippen LogP contribution >= 0.6 is 0 Å². The highest BCUT2D eigenvalue weighted by molar-refractivity contribution is 6.07. The molecule has 1 aromatic carbocycles. The largest absolute Gasteiger partial charge is 0.390 e. The Kier molecular flexibility index (Phi) is 5.60. The number of aliphatic imine (C=N–C) groups is 1. The van der Waals surface area contributed by atoms with Crippen molar-refractivity contribution in [2.75, 3.05) is 6.61 Å². The van der Waals surface area contributed by atoms with Gasteiger partial charge in [-0.3, -0.25) is 4.79 Å². The molecule has 0 bridgehead atoms. The molecule has 1 aromatic rings. The maximum absolute atomic E-state index is 17.7. The normalized spacial score (nSPS) is 45.7. The van der Waals surface area contributed by atoms with E-state index < -0.39 is 58.4 Å². The number of benzene rings is 1. The van der Waals surface area contributed by atoms with Crippen molar-refractivity contribution in [3.8, 4) is 0 Å². The van der Waals surface area contributed by atoms with Crippen LogP contribution in [-0.2, 0) is 14.3 Å². The van der Waals surface area contributed by atoms with E-state index in [-0.39, 0.29) is 12.3 Å². The lowest BCUT2D eigenvalue weighted by atomic mass is 9.44. The Bertz CT molecular complexity index is 1290. The number of nitrogens with zero attached hydrogens (tertiary/aromatic N) is 1. The van der Waals surface area contributed by atoms with Crippen LogP contribution in [0.5, 0.6) is 0 Å². The number of hydrogen-bond acceptors (Lipinski definition) is 6. The number of Topliss-reactive ketones (excluding diaryl/α,β-unsaturated/α-hetero) is 1. The van der Waals surface area contributed by atoms with E-state index in [9.17, 15) is 15.0 Å². The molecule has 0 radical (unpaired) electrons. The Hall–Kier alpha value is -2.19. The average Bonchev–Trinajstić information content (AvgIpc) is 3.27. The Labute approximate surface area is 223 Å². The Morgan fingerprint density at radius 2 is 1.92 bits per heavy atom. The number of hydrogen-bond donors (Lipinski definition) is 2. The standard InChI is InChI=1S/C31H38FNO5/c1-18-8-6-7-9-23(18)33-20-12-13-28(4)19(14-20)10-11-21-22-15-26-31(25(36)17-34,38-27(2,3)37-26)29(22,5)16-24(35)30(21,28)32/h6-9,12-14,21-22,24,26,34-35H,10-11,15-17H2,1-5H3/t21-,22-,24-,26+,28-,29-,30-,31+/m0/s1. The van der Waals surface area contributed by atoms with E-state index in [2.05, 4.69) is 0 Å². The van der Waals surface area contributed by atoms with Crippen molar-refractivity contribution in [3.63, 3.8) is 0 Å². The minimum atomic E-state index is -1.93. The molecule has 38 heavy (non-hydrogen) atoms. The molecule has 8 atom stereocenters. The first-order chi connectivity index (χ1) is 17.8. The van der Waals surface area contributed by atoms with E-state index in [1.807, 2.05) is 63.3 Å². The molecular formula is C31H38FNO5. The van der Waals surface area contributed by atoms with Gasteiger partial charge in [-0.05, 0) is 83.1 Å². The zero-order valence-electron chi connectivity index (χ0n) is 22.8. The number of ether oxygens (including phenoxy) is 2. The topological polar surface area (TPSA) is 88.4 Å². The zero-order valence-corrected chi connectivity index (χ0v) is 22.8.